The van der Waals surface area contributed by atoms with Crippen LogP contribution in [0.3, 0.4) is 0 Å². The van der Waals surface area contributed by atoms with Crippen molar-refractivity contribution >= 4 is 11.9 Å². The fourth-order valence-electron chi connectivity index (χ4n) is 3.34. The number of carbonyl (C=O) groups is 2. The molecule has 1 atom stereocenters. The minimum absolute atomic E-state index is 0.226. The summed E-state index contributed by atoms with van der Waals surface area (Å²) in [4.78, 5) is 27.9. The molecule has 2 aromatic carbocycles. The van der Waals surface area contributed by atoms with Crippen LogP contribution in [0, 0.1) is 6.92 Å². The van der Waals surface area contributed by atoms with Gasteiger partial charge in [0, 0.05) is 12.2 Å². The Labute approximate surface area is 186 Å². The molecule has 0 fully saturated rings. The molecule has 0 aliphatic rings. The van der Waals surface area contributed by atoms with Crippen LogP contribution in [-0.2, 0) is 13.0 Å². The highest BCUT2D eigenvalue weighted by Gasteiger charge is 2.15. The molecule has 0 spiro atoms. The number of hydrogen-bond acceptors (Lipinski definition) is 5. The van der Waals surface area contributed by atoms with Crippen molar-refractivity contribution in [3.63, 3.8) is 0 Å². The first kappa shape index (κ1) is 23.0. The largest absolute Gasteiger partial charge is 0.497 e. The first-order valence-electron chi connectivity index (χ1n) is 10.3. The Hall–Kier alpha value is -3.71. The summed E-state index contributed by atoms with van der Waals surface area (Å²) in [5.41, 5.74) is 3.55. The molecule has 32 heavy (non-hydrogen) atoms. The highest BCUT2D eigenvalue weighted by Crippen LogP contribution is 2.21. The lowest BCUT2D eigenvalue weighted by Crippen LogP contribution is -2.24. The zero-order chi connectivity index (χ0) is 23.1. The van der Waals surface area contributed by atoms with Gasteiger partial charge in [-0.1, -0.05) is 24.3 Å². The van der Waals surface area contributed by atoms with E-state index in [0.717, 1.165) is 11.1 Å². The van der Waals surface area contributed by atoms with Crippen molar-refractivity contribution in [1.29, 1.82) is 0 Å². The number of aryl methyl sites for hydroxylation is 2. The standard InChI is InChI=1S/C25H26N2O5/c1-16-12-20(23(28)11-8-17-6-9-19(10-7-17)25(30)31)14-22(27-16)24(29)26-15-18-4-3-5-21(13-18)32-2/h3-7,9-10,12-14,23,28H,8,11,15H2,1-2H3,(H,26,29)(H,30,31). The van der Waals surface area contributed by atoms with E-state index >= 15 is 0 Å². The molecule has 0 saturated carbocycles. The summed E-state index contributed by atoms with van der Waals surface area (Å²) in [5.74, 6) is -0.580. The number of carbonyl (C=O) groups excluding carboxylic acids is 1. The molecule has 1 heterocycles. The number of aromatic nitrogens is 1. The molecule has 3 rings (SSSR count). The van der Waals surface area contributed by atoms with Gasteiger partial charge in [-0.3, -0.25) is 4.79 Å². The number of methoxy groups -OCH3 is 1. The molecule has 0 radical (unpaired) electrons. The average Bonchev–Trinajstić information content (AvgIpc) is 2.80. The predicted octanol–water partition coefficient (Wildman–Crippen LogP) is 3.69. The number of rotatable bonds is 9. The van der Waals surface area contributed by atoms with Crippen LogP contribution in [0.2, 0.25) is 0 Å². The van der Waals surface area contributed by atoms with Crippen molar-refractivity contribution in [2.45, 2.75) is 32.4 Å². The molecular weight excluding hydrogens is 408 g/mol. The Kier molecular flexibility index (Phi) is 7.57. The third-order valence-corrected chi connectivity index (χ3v) is 5.09. The zero-order valence-corrected chi connectivity index (χ0v) is 18.0. The highest BCUT2D eigenvalue weighted by atomic mass is 16.5. The number of benzene rings is 2. The monoisotopic (exact) mass is 434 g/mol. The second-order valence-corrected chi connectivity index (χ2v) is 7.52. The molecule has 0 aliphatic carbocycles. The molecule has 0 bridgehead atoms. The van der Waals surface area contributed by atoms with Gasteiger partial charge in [0.25, 0.3) is 5.91 Å². The summed E-state index contributed by atoms with van der Waals surface area (Å²) in [7, 11) is 1.59. The maximum atomic E-state index is 12.6. The number of nitrogens with one attached hydrogen (secondary N) is 1. The zero-order valence-electron chi connectivity index (χ0n) is 18.0. The van der Waals surface area contributed by atoms with Gasteiger partial charge in [0.2, 0.25) is 0 Å². The van der Waals surface area contributed by atoms with Crippen LogP contribution >= 0.6 is 0 Å². The maximum absolute atomic E-state index is 12.6. The van der Waals surface area contributed by atoms with E-state index in [1.54, 1.807) is 50.4 Å². The Morgan fingerprint density at radius 2 is 1.81 bits per heavy atom. The maximum Gasteiger partial charge on any atom is 0.335 e. The van der Waals surface area contributed by atoms with Crippen molar-refractivity contribution in [3.8, 4) is 5.75 Å². The smallest absolute Gasteiger partial charge is 0.335 e. The first-order valence-corrected chi connectivity index (χ1v) is 10.3. The van der Waals surface area contributed by atoms with Crippen LogP contribution < -0.4 is 10.1 Å². The number of aliphatic hydroxyl groups is 1. The number of carboxylic acid groups (broad SMARTS) is 1. The average molecular weight is 434 g/mol. The van der Waals surface area contributed by atoms with Crippen LogP contribution in [0.15, 0.2) is 60.7 Å². The van der Waals surface area contributed by atoms with Crippen LogP contribution in [0.25, 0.3) is 0 Å². The van der Waals surface area contributed by atoms with E-state index < -0.39 is 12.1 Å². The van der Waals surface area contributed by atoms with E-state index in [4.69, 9.17) is 9.84 Å². The number of aromatic carboxylic acids is 1. The Morgan fingerprint density at radius 3 is 2.50 bits per heavy atom. The molecule has 0 saturated heterocycles. The van der Waals surface area contributed by atoms with Gasteiger partial charge in [0.15, 0.2) is 0 Å². The Bertz CT molecular complexity index is 1100. The second kappa shape index (κ2) is 10.5. The van der Waals surface area contributed by atoms with Crippen molar-refractivity contribution in [2.75, 3.05) is 7.11 Å². The van der Waals surface area contributed by atoms with Gasteiger partial charge in [-0.25, -0.2) is 9.78 Å². The number of aliphatic hydroxyl groups excluding tert-OH is 1. The van der Waals surface area contributed by atoms with Gasteiger partial charge < -0.3 is 20.3 Å². The fraction of sp³-hybridized carbons (Fsp3) is 0.240. The van der Waals surface area contributed by atoms with Crippen LogP contribution in [0.1, 0.15) is 55.8 Å². The van der Waals surface area contributed by atoms with E-state index in [2.05, 4.69) is 10.3 Å². The first-order chi connectivity index (χ1) is 15.4. The van der Waals surface area contributed by atoms with Crippen LogP contribution in [0.5, 0.6) is 5.75 Å². The number of amides is 1. The molecule has 166 valence electrons. The summed E-state index contributed by atoms with van der Waals surface area (Å²) in [6, 6.07) is 17.4. The van der Waals surface area contributed by atoms with E-state index in [1.165, 1.54) is 0 Å². The highest BCUT2D eigenvalue weighted by molar-refractivity contribution is 5.92. The van der Waals surface area contributed by atoms with E-state index in [-0.39, 0.29) is 17.2 Å². The third kappa shape index (κ3) is 6.15. The summed E-state index contributed by atoms with van der Waals surface area (Å²) in [6.45, 7) is 2.11. The number of ether oxygens (including phenoxy) is 1. The lowest BCUT2D eigenvalue weighted by molar-refractivity contribution is 0.0696. The van der Waals surface area contributed by atoms with Gasteiger partial charge in [-0.2, -0.15) is 0 Å². The van der Waals surface area contributed by atoms with Crippen molar-refractivity contribution in [3.05, 3.63) is 94.3 Å². The number of pyridine rings is 1. The minimum Gasteiger partial charge on any atom is -0.497 e. The van der Waals surface area contributed by atoms with Gasteiger partial charge >= 0.3 is 5.97 Å². The van der Waals surface area contributed by atoms with Gasteiger partial charge in [0.05, 0.1) is 18.8 Å². The normalized spacial score (nSPS) is 11.6. The predicted molar refractivity (Wildman–Crippen MR) is 120 cm³/mol. The van der Waals surface area contributed by atoms with Gasteiger partial charge in [0.1, 0.15) is 11.4 Å². The molecule has 1 unspecified atom stereocenters. The lowest BCUT2D eigenvalue weighted by atomic mass is 10.00. The summed E-state index contributed by atoms with van der Waals surface area (Å²) < 4.78 is 5.20. The summed E-state index contributed by atoms with van der Waals surface area (Å²) in [5, 5.41) is 22.5. The van der Waals surface area contributed by atoms with Crippen molar-refractivity contribution in [1.82, 2.24) is 10.3 Å². The fourth-order valence-corrected chi connectivity index (χ4v) is 3.34. The molecule has 3 aromatic rings. The second-order valence-electron chi connectivity index (χ2n) is 7.52. The molecule has 1 amide bonds. The number of carboxylic acids is 1. The van der Waals surface area contributed by atoms with Crippen LogP contribution in [-0.4, -0.2) is 34.2 Å². The molecule has 7 nitrogen and oxygen atoms in total. The molecular formula is C25H26N2O5. The molecule has 7 heteroatoms. The van der Waals surface area contributed by atoms with Gasteiger partial charge in [-0.15, -0.1) is 0 Å². The minimum atomic E-state index is -0.971. The lowest BCUT2D eigenvalue weighted by Gasteiger charge is -2.14. The number of nitrogens with zero attached hydrogens (tertiary/aromatic N) is 1. The SMILES string of the molecule is COc1cccc(CNC(=O)c2cc(C(O)CCc3ccc(C(=O)O)cc3)cc(C)n2)c1. The molecule has 3 N–H and O–H groups in total. The quantitative estimate of drug-likeness (QED) is 0.474. The molecule has 1 aromatic heterocycles. The summed E-state index contributed by atoms with van der Waals surface area (Å²) in [6.07, 6.45) is 0.223. The Balaban J connectivity index is 1.63. The number of hydrogen-bond donors (Lipinski definition) is 3. The van der Waals surface area contributed by atoms with Crippen molar-refractivity contribution < 1.29 is 24.5 Å². The topological polar surface area (TPSA) is 109 Å². The van der Waals surface area contributed by atoms with E-state index in [0.29, 0.717) is 36.4 Å². The van der Waals surface area contributed by atoms with Gasteiger partial charge in [-0.05, 0) is 72.9 Å². The van der Waals surface area contributed by atoms with E-state index in [9.17, 15) is 14.7 Å². The third-order valence-electron chi connectivity index (χ3n) is 5.09. The molecule has 0 aliphatic heterocycles. The van der Waals surface area contributed by atoms with Crippen molar-refractivity contribution in [2.24, 2.45) is 0 Å². The van der Waals surface area contributed by atoms with Crippen LogP contribution in [0.4, 0.5) is 0 Å². The van der Waals surface area contributed by atoms with E-state index in [1.807, 2.05) is 24.3 Å². The Morgan fingerprint density at radius 1 is 1.06 bits per heavy atom. The summed E-state index contributed by atoms with van der Waals surface area (Å²) >= 11 is 0.